The van der Waals surface area contributed by atoms with Crippen LogP contribution in [0, 0.1) is 18.8 Å². The van der Waals surface area contributed by atoms with E-state index in [4.69, 9.17) is 18.9 Å². The fourth-order valence-corrected chi connectivity index (χ4v) is 6.49. The van der Waals surface area contributed by atoms with Gasteiger partial charge in [0.15, 0.2) is 0 Å². The van der Waals surface area contributed by atoms with Gasteiger partial charge < -0.3 is 18.9 Å². The van der Waals surface area contributed by atoms with Crippen LogP contribution in [-0.2, 0) is 9.47 Å². The van der Waals surface area contributed by atoms with Gasteiger partial charge in [-0.15, -0.1) is 0 Å². The average Bonchev–Trinajstić information content (AvgIpc) is 3.96. The van der Waals surface area contributed by atoms with Crippen molar-refractivity contribution in [2.75, 3.05) is 26.4 Å². The maximum Gasteiger partial charge on any atom is 0.127 e. The zero-order valence-corrected chi connectivity index (χ0v) is 24.0. The van der Waals surface area contributed by atoms with Crippen molar-refractivity contribution in [3.63, 3.8) is 0 Å². The van der Waals surface area contributed by atoms with Crippen LogP contribution in [0.15, 0.2) is 78.9 Å². The molecule has 41 heavy (non-hydrogen) atoms. The summed E-state index contributed by atoms with van der Waals surface area (Å²) < 4.78 is 22.7. The first kappa shape index (κ1) is 26.6. The van der Waals surface area contributed by atoms with Crippen LogP contribution < -0.4 is 9.47 Å². The summed E-state index contributed by atoms with van der Waals surface area (Å²) in [5.41, 5.74) is 9.24. The number of allylic oxidation sites excluding steroid dienone is 4. The number of benzene rings is 3. The van der Waals surface area contributed by atoms with Crippen molar-refractivity contribution in [1.82, 2.24) is 0 Å². The SMILES string of the molecule is Cc1cc(C2=CCC(C3CC=C(c4ccc(OCC5CO5)c(-c5ccccc5)c4)CC3)CC2)ccc1OCC1CO1. The second-order valence-electron chi connectivity index (χ2n) is 12.1. The number of aryl methyl sites for hydroxylation is 1. The Kier molecular flexibility index (Phi) is 7.69. The molecule has 2 aliphatic heterocycles. The van der Waals surface area contributed by atoms with E-state index in [0.717, 1.165) is 43.0 Å². The quantitative estimate of drug-likeness (QED) is 0.239. The van der Waals surface area contributed by atoms with Crippen LogP contribution in [0.2, 0.25) is 0 Å². The molecular formula is C37H40O4. The highest BCUT2D eigenvalue weighted by molar-refractivity contribution is 5.77. The highest BCUT2D eigenvalue weighted by atomic mass is 16.6. The molecule has 0 spiro atoms. The molecule has 0 amide bonds. The van der Waals surface area contributed by atoms with Gasteiger partial charge in [-0.25, -0.2) is 0 Å². The van der Waals surface area contributed by atoms with Gasteiger partial charge in [-0.2, -0.15) is 0 Å². The second-order valence-corrected chi connectivity index (χ2v) is 12.1. The van der Waals surface area contributed by atoms with E-state index in [1.807, 2.05) is 0 Å². The van der Waals surface area contributed by atoms with E-state index in [1.165, 1.54) is 71.1 Å². The van der Waals surface area contributed by atoms with Crippen LogP contribution in [0.3, 0.4) is 0 Å². The van der Waals surface area contributed by atoms with Crippen LogP contribution in [0.5, 0.6) is 11.5 Å². The van der Waals surface area contributed by atoms with Gasteiger partial charge in [0.05, 0.1) is 13.2 Å². The molecule has 4 heteroatoms. The average molecular weight is 549 g/mol. The smallest absolute Gasteiger partial charge is 0.127 e. The Morgan fingerprint density at radius 1 is 0.659 bits per heavy atom. The summed E-state index contributed by atoms with van der Waals surface area (Å²) in [6.07, 6.45) is 12.8. The Labute approximate surface area is 244 Å². The second kappa shape index (κ2) is 11.9. The molecule has 0 radical (unpaired) electrons. The van der Waals surface area contributed by atoms with Crippen molar-refractivity contribution >= 4 is 11.1 Å². The van der Waals surface area contributed by atoms with Gasteiger partial charge in [0.25, 0.3) is 0 Å². The van der Waals surface area contributed by atoms with E-state index in [9.17, 15) is 0 Å². The summed E-state index contributed by atoms with van der Waals surface area (Å²) in [4.78, 5) is 0. The zero-order valence-electron chi connectivity index (χ0n) is 24.0. The molecule has 0 N–H and O–H groups in total. The third kappa shape index (κ3) is 6.45. The molecule has 2 heterocycles. The molecule has 7 rings (SSSR count). The Morgan fingerprint density at radius 3 is 1.76 bits per heavy atom. The fourth-order valence-electron chi connectivity index (χ4n) is 6.49. The minimum Gasteiger partial charge on any atom is -0.491 e. The minimum absolute atomic E-state index is 0.249. The highest BCUT2D eigenvalue weighted by Crippen LogP contribution is 2.43. The maximum atomic E-state index is 6.17. The van der Waals surface area contributed by atoms with Gasteiger partial charge in [-0.3, -0.25) is 0 Å². The zero-order chi connectivity index (χ0) is 27.6. The lowest BCUT2D eigenvalue weighted by atomic mass is 9.73. The van der Waals surface area contributed by atoms with Crippen LogP contribution >= 0.6 is 0 Å². The number of ether oxygens (including phenoxy) is 4. The lowest BCUT2D eigenvalue weighted by Crippen LogP contribution is -2.19. The van der Waals surface area contributed by atoms with Gasteiger partial charge in [0, 0.05) is 5.56 Å². The molecule has 212 valence electrons. The molecule has 2 fully saturated rings. The molecule has 4 unspecified atom stereocenters. The topological polar surface area (TPSA) is 43.5 Å². The van der Waals surface area contributed by atoms with Gasteiger partial charge in [0.2, 0.25) is 0 Å². The van der Waals surface area contributed by atoms with Gasteiger partial charge in [0.1, 0.15) is 36.9 Å². The van der Waals surface area contributed by atoms with Gasteiger partial charge >= 0.3 is 0 Å². The van der Waals surface area contributed by atoms with Crippen LogP contribution in [-0.4, -0.2) is 38.6 Å². The third-order valence-electron chi connectivity index (χ3n) is 9.20. The van der Waals surface area contributed by atoms with Crippen molar-refractivity contribution in [3.8, 4) is 22.6 Å². The Morgan fingerprint density at radius 2 is 1.22 bits per heavy atom. The largest absolute Gasteiger partial charge is 0.491 e. The Balaban J connectivity index is 0.995. The van der Waals surface area contributed by atoms with E-state index in [-0.39, 0.29) is 12.2 Å². The molecule has 0 saturated carbocycles. The summed E-state index contributed by atoms with van der Waals surface area (Å²) in [5.74, 6) is 3.47. The number of rotatable bonds is 10. The summed E-state index contributed by atoms with van der Waals surface area (Å²) in [7, 11) is 0. The number of epoxide rings is 2. The maximum absolute atomic E-state index is 6.17. The Bertz CT molecular complexity index is 1430. The van der Waals surface area contributed by atoms with E-state index in [0.29, 0.717) is 13.2 Å². The van der Waals surface area contributed by atoms with Gasteiger partial charge in [-0.05, 0) is 115 Å². The van der Waals surface area contributed by atoms with Crippen LogP contribution in [0.4, 0.5) is 0 Å². The van der Waals surface area contributed by atoms with Crippen molar-refractivity contribution in [1.29, 1.82) is 0 Å². The van der Waals surface area contributed by atoms with Crippen LogP contribution in [0.1, 0.15) is 55.2 Å². The first-order valence-electron chi connectivity index (χ1n) is 15.4. The molecule has 0 bridgehead atoms. The molecule has 2 saturated heterocycles. The van der Waals surface area contributed by atoms with E-state index in [1.54, 1.807) is 0 Å². The molecule has 0 aromatic heterocycles. The number of hydrogen-bond donors (Lipinski definition) is 0. The van der Waals surface area contributed by atoms with E-state index >= 15 is 0 Å². The lowest BCUT2D eigenvalue weighted by molar-refractivity contribution is 0.262. The minimum atomic E-state index is 0.249. The monoisotopic (exact) mass is 548 g/mol. The lowest BCUT2D eigenvalue weighted by Gasteiger charge is -2.32. The van der Waals surface area contributed by atoms with Crippen molar-refractivity contribution in [2.45, 2.75) is 57.7 Å². The molecule has 4 nitrogen and oxygen atoms in total. The predicted octanol–water partition coefficient (Wildman–Crippen LogP) is 8.28. The summed E-state index contributed by atoms with van der Waals surface area (Å²) in [6, 6.07) is 24.0. The molecule has 3 aromatic carbocycles. The molecule has 3 aromatic rings. The summed E-state index contributed by atoms with van der Waals surface area (Å²) >= 11 is 0. The number of hydrogen-bond acceptors (Lipinski definition) is 4. The van der Waals surface area contributed by atoms with E-state index < -0.39 is 0 Å². The fraction of sp³-hybridized carbons (Fsp3) is 0.405. The predicted molar refractivity (Wildman–Crippen MR) is 164 cm³/mol. The third-order valence-corrected chi connectivity index (χ3v) is 9.20. The summed E-state index contributed by atoms with van der Waals surface area (Å²) in [5, 5.41) is 0. The van der Waals surface area contributed by atoms with Crippen molar-refractivity contribution in [2.24, 2.45) is 11.8 Å². The molecule has 4 aliphatic rings. The normalized spacial score (nSPS) is 25.2. The van der Waals surface area contributed by atoms with E-state index in [2.05, 4.69) is 85.8 Å². The Hall–Kier alpha value is -3.34. The highest BCUT2D eigenvalue weighted by Gasteiger charge is 2.28. The van der Waals surface area contributed by atoms with Crippen molar-refractivity contribution < 1.29 is 18.9 Å². The standard InChI is InChI=1S/C37H40O4/c1-25-19-31(15-17-36(25)40-23-33-21-38-33)28-11-7-26(8-12-28)27-9-13-29(14-10-27)32-16-18-37(41-24-34-22-39-34)35(20-32)30-5-3-2-4-6-30/h2-6,11,13,15-20,26-27,33-34H,7-10,12,14,21-24H2,1H3. The molecule has 4 atom stereocenters. The van der Waals surface area contributed by atoms with Gasteiger partial charge in [-0.1, -0.05) is 54.6 Å². The van der Waals surface area contributed by atoms with Crippen LogP contribution in [0.25, 0.3) is 22.3 Å². The van der Waals surface area contributed by atoms with Crippen molar-refractivity contribution in [3.05, 3.63) is 95.6 Å². The first-order valence-corrected chi connectivity index (χ1v) is 15.4. The summed E-state index contributed by atoms with van der Waals surface area (Å²) in [6.45, 7) is 5.07. The first-order chi connectivity index (χ1) is 20.2. The molecule has 2 aliphatic carbocycles. The molecular weight excluding hydrogens is 508 g/mol.